The predicted octanol–water partition coefficient (Wildman–Crippen LogP) is 1.92. The largest absolute Gasteiger partial charge is 0.481 e. The van der Waals surface area contributed by atoms with E-state index in [9.17, 15) is 4.79 Å². The van der Waals surface area contributed by atoms with E-state index in [1.54, 1.807) is 0 Å². The summed E-state index contributed by atoms with van der Waals surface area (Å²) in [4.78, 5) is 13.0. The van der Waals surface area contributed by atoms with Crippen LogP contribution in [0.25, 0.3) is 0 Å². The van der Waals surface area contributed by atoms with E-state index < -0.39 is 5.97 Å². The number of carbonyl (C=O) groups is 1. The Morgan fingerprint density at radius 2 is 1.84 bits per heavy atom. The van der Waals surface area contributed by atoms with Crippen LogP contribution in [0.3, 0.4) is 0 Å². The molecule has 0 spiro atoms. The number of aliphatic carboxylic acids is 1. The molecule has 0 aromatic heterocycles. The highest BCUT2D eigenvalue weighted by Gasteiger charge is 2.18. The molecule has 1 fully saturated rings. The lowest BCUT2D eigenvalue weighted by Crippen LogP contribution is -2.36. The van der Waals surface area contributed by atoms with E-state index in [4.69, 9.17) is 9.84 Å². The Hall–Kier alpha value is -1.39. The minimum Gasteiger partial charge on any atom is -0.481 e. The molecule has 1 aromatic carbocycles. The molecular weight excluding hydrogens is 242 g/mol. The third-order valence-electron chi connectivity index (χ3n) is 3.62. The van der Waals surface area contributed by atoms with Gasteiger partial charge in [0.2, 0.25) is 0 Å². The van der Waals surface area contributed by atoms with Crippen molar-refractivity contribution in [3.8, 4) is 0 Å². The maximum absolute atomic E-state index is 10.6. The summed E-state index contributed by atoms with van der Waals surface area (Å²) in [7, 11) is 2.14. The molecular formula is C15H21NO3. The fraction of sp³-hybridized carbons (Fsp3) is 0.533. The van der Waals surface area contributed by atoms with E-state index in [0.29, 0.717) is 6.04 Å². The lowest BCUT2D eigenvalue weighted by molar-refractivity contribution is -0.136. The number of benzene rings is 1. The van der Waals surface area contributed by atoms with Gasteiger partial charge < -0.3 is 9.84 Å². The molecule has 0 amide bonds. The molecule has 1 N–H and O–H groups in total. The Morgan fingerprint density at radius 1 is 1.26 bits per heavy atom. The van der Waals surface area contributed by atoms with Crippen molar-refractivity contribution in [2.75, 3.05) is 20.3 Å². The molecule has 0 bridgehead atoms. The first-order chi connectivity index (χ1) is 9.15. The molecule has 0 saturated carbocycles. The van der Waals surface area contributed by atoms with Gasteiger partial charge in [0.1, 0.15) is 0 Å². The maximum atomic E-state index is 10.6. The standard InChI is InChI=1S/C15H21NO3/c1-16(14-6-8-19-9-7-14)11-13-4-2-12(3-5-13)10-15(17)18/h2-5,14H,6-11H2,1H3,(H,17,18). The molecule has 0 unspecified atom stereocenters. The van der Waals surface area contributed by atoms with Crippen LogP contribution < -0.4 is 0 Å². The Kier molecular flexibility index (Phi) is 4.93. The monoisotopic (exact) mass is 263 g/mol. The first-order valence-corrected chi connectivity index (χ1v) is 6.73. The van der Waals surface area contributed by atoms with E-state index in [-0.39, 0.29) is 6.42 Å². The highest BCUT2D eigenvalue weighted by molar-refractivity contribution is 5.70. The van der Waals surface area contributed by atoms with Gasteiger partial charge in [-0.2, -0.15) is 0 Å². The third-order valence-corrected chi connectivity index (χ3v) is 3.62. The van der Waals surface area contributed by atoms with E-state index in [0.717, 1.165) is 38.2 Å². The van der Waals surface area contributed by atoms with Gasteiger partial charge >= 0.3 is 5.97 Å². The van der Waals surface area contributed by atoms with Crippen LogP contribution in [0.5, 0.6) is 0 Å². The molecule has 2 rings (SSSR count). The highest BCUT2D eigenvalue weighted by Crippen LogP contribution is 2.16. The van der Waals surface area contributed by atoms with Crippen LogP contribution in [-0.4, -0.2) is 42.3 Å². The summed E-state index contributed by atoms with van der Waals surface area (Å²) >= 11 is 0. The van der Waals surface area contributed by atoms with Gasteiger partial charge in [-0.05, 0) is 31.0 Å². The summed E-state index contributed by atoms with van der Waals surface area (Å²) in [5, 5.41) is 8.73. The number of carboxylic acid groups (broad SMARTS) is 1. The Morgan fingerprint density at radius 3 is 2.42 bits per heavy atom. The van der Waals surface area contributed by atoms with Crippen molar-refractivity contribution < 1.29 is 14.6 Å². The van der Waals surface area contributed by atoms with Gasteiger partial charge in [0.05, 0.1) is 6.42 Å². The van der Waals surface area contributed by atoms with Crippen LogP contribution >= 0.6 is 0 Å². The van der Waals surface area contributed by atoms with Crippen LogP contribution in [-0.2, 0) is 22.5 Å². The molecule has 1 aliphatic heterocycles. The Balaban J connectivity index is 1.89. The lowest BCUT2D eigenvalue weighted by atomic mass is 10.1. The summed E-state index contributed by atoms with van der Waals surface area (Å²) in [6, 6.07) is 8.44. The summed E-state index contributed by atoms with van der Waals surface area (Å²) in [5.74, 6) is -0.785. The number of carboxylic acids is 1. The molecule has 1 saturated heterocycles. The van der Waals surface area contributed by atoms with Gasteiger partial charge in [-0.1, -0.05) is 24.3 Å². The highest BCUT2D eigenvalue weighted by atomic mass is 16.5. The quantitative estimate of drug-likeness (QED) is 0.882. The third kappa shape index (κ3) is 4.33. The lowest BCUT2D eigenvalue weighted by Gasteiger charge is -2.31. The average Bonchev–Trinajstić information content (AvgIpc) is 2.41. The van der Waals surface area contributed by atoms with Crippen molar-refractivity contribution in [1.82, 2.24) is 4.90 Å². The predicted molar refractivity (Wildman–Crippen MR) is 73.1 cm³/mol. The van der Waals surface area contributed by atoms with Crippen LogP contribution in [0.15, 0.2) is 24.3 Å². The zero-order valence-electron chi connectivity index (χ0n) is 11.3. The molecule has 4 nitrogen and oxygen atoms in total. The van der Waals surface area contributed by atoms with Crippen LogP contribution in [0, 0.1) is 0 Å². The zero-order valence-corrected chi connectivity index (χ0v) is 11.3. The Labute approximate surface area is 114 Å². The molecule has 0 radical (unpaired) electrons. The molecule has 4 heteroatoms. The number of hydrogen-bond donors (Lipinski definition) is 1. The smallest absolute Gasteiger partial charge is 0.307 e. The second-order valence-electron chi connectivity index (χ2n) is 5.15. The van der Waals surface area contributed by atoms with Gasteiger partial charge in [-0.3, -0.25) is 9.69 Å². The number of ether oxygens (including phenoxy) is 1. The number of nitrogens with zero attached hydrogens (tertiary/aromatic N) is 1. The van der Waals surface area contributed by atoms with Gasteiger partial charge in [-0.25, -0.2) is 0 Å². The summed E-state index contributed by atoms with van der Waals surface area (Å²) in [6.45, 7) is 2.61. The van der Waals surface area contributed by atoms with Crippen LogP contribution in [0.4, 0.5) is 0 Å². The van der Waals surface area contributed by atoms with Gasteiger partial charge in [0, 0.05) is 25.8 Å². The normalized spacial score (nSPS) is 16.7. The average molecular weight is 263 g/mol. The molecule has 0 atom stereocenters. The second kappa shape index (κ2) is 6.68. The van der Waals surface area contributed by atoms with Crippen molar-refractivity contribution >= 4 is 5.97 Å². The number of hydrogen-bond acceptors (Lipinski definition) is 3. The topological polar surface area (TPSA) is 49.8 Å². The van der Waals surface area contributed by atoms with Gasteiger partial charge in [-0.15, -0.1) is 0 Å². The molecule has 104 valence electrons. The zero-order chi connectivity index (χ0) is 13.7. The summed E-state index contributed by atoms with van der Waals surface area (Å²) in [6.07, 6.45) is 2.28. The van der Waals surface area contributed by atoms with Gasteiger partial charge in [0.15, 0.2) is 0 Å². The minimum atomic E-state index is -0.785. The van der Waals surface area contributed by atoms with Crippen molar-refractivity contribution in [2.24, 2.45) is 0 Å². The van der Waals surface area contributed by atoms with Crippen molar-refractivity contribution in [1.29, 1.82) is 0 Å². The molecule has 0 aliphatic carbocycles. The SMILES string of the molecule is CN(Cc1ccc(CC(=O)O)cc1)C1CCOCC1. The maximum Gasteiger partial charge on any atom is 0.307 e. The van der Waals surface area contributed by atoms with Gasteiger partial charge in [0.25, 0.3) is 0 Å². The molecule has 1 aromatic rings. The molecule has 1 aliphatic rings. The van der Waals surface area contributed by atoms with E-state index in [2.05, 4.69) is 11.9 Å². The fourth-order valence-electron chi connectivity index (χ4n) is 2.48. The summed E-state index contributed by atoms with van der Waals surface area (Å²) < 4.78 is 5.37. The fourth-order valence-corrected chi connectivity index (χ4v) is 2.48. The summed E-state index contributed by atoms with van der Waals surface area (Å²) in [5.41, 5.74) is 2.08. The molecule has 1 heterocycles. The minimum absolute atomic E-state index is 0.0933. The van der Waals surface area contributed by atoms with Crippen LogP contribution in [0.2, 0.25) is 0 Å². The number of rotatable bonds is 5. The van der Waals surface area contributed by atoms with E-state index >= 15 is 0 Å². The second-order valence-corrected chi connectivity index (χ2v) is 5.15. The van der Waals surface area contributed by atoms with Crippen LogP contribution in [0.1, 0.15) is 24.0 Å². The van der Waals surface area contributed by atoms with E-state index in [1.165, 1.54) is 5.56 Å². The Bertz CT molecular complexity index is 410. The van der Waals surface area contributed by atoms with Crippen molar-refractivity contribution in [2.45, 2.75) is 31.8 Å². The van der Waals surface area contributed by atoms with Crippen molar-refractivity contribution in [3.05, 3.63) is 35.4 Å². The molecule has 19 heavy (non-hydrogen) atoms. The van der Waals surface area contributed by atoms with Crippen molar-refractivity contribution in [3.63, 3.8) is 0 Å². The van der Waals surface area contributed by atoms with E-state index in [1.807, 2.05) is 24.3 Å². The first kappa shape index (κ1) is 14.0. The first-order valence-electron chi connectivity index (χ1n) is 6.73.